The van der Waals surface area contributed by atoms with Gasteiger partial charge in [-0.05, 0) is 51.6 Å². The van der Waals surface area contributed by atoms with Crippen LogP contribution in [0.3, 0.4) is 0 Å². The number of likely N-dealkylation sites (N-methyl/N-ethyl adjacent to an activating group) is 1. The van der Waals surface area contributed by atoms with Crippen molar-refractivity contribution in [2.75, 3.05) is 14.1 Å². The lowest BCUT2D eigenvalue weighted by Gasteiger charge is -2.46. The van der Waals surface area contributed by atoms with Crippen LogP contribution in [0.5, 0.6) is 0 Å². The number of hydrogen-bond acceptors (Lipinski definition) is 2. The monoisotopic (exact) mass is 252 g/mol. The van der Waals surface area contributed by atoms with E-state index in [2.05, 4.69) is 25.9 Å². The molecule has 0 radical (unpaired) electrons. The molecule has 0 aromatic heterocycles. The van der Waals surface area contributed by atoms with E-state index in [1.54, 1.807) is 0 Å². The second-order valence-corrected chi connectivity index (χ2v) is 6.92. The van der Waals surface area contributed by atoms with Crippen molar-refractivity contribution < 1.29 is 0 Å². The second-order valence-electron chi connectivity index (χ2n) is 6.92. The first kappa shape index (κ1) is 14.3. The van der Waals surface area contributed by atoms with Crippen LogP contribution in [0, 0.1) is 11.8 Å². The molecule has 0 aliphatic heterocycles. The maximum Gasteiger partial charge on any atom is 0.0357 e. The van der Waals surface area contributed by atoms with Crippen molar-refractivity contribution >= 4 is 0 Å². The number of hydrogen-bond donors (Lipinski definition) is 1. The molecule has 0 amide bonds. The molecule has 0 spiro atoms. The third kappa shape index (κ3) is 2.60. The van der Waals surface area contributed by atoms with Crippen molar-refractivity contribution in [3.63, 3.8) is 0 Å². The van der Waals surface area contributed by atoms with Gasteiger partial charge >= 0.3 is 0 Å². The molecule has 0 aromatic carbocycles. The number of nitrogens with two attached hydrogens (primary N) is 1. The number of rotatable bonds is 4. The third-order valence-corrected chi connectivity index (χ3v) is 5.96. The molecule has 2 aliphatic rings. The highest BCUT2D eigenvalue weighted by molar-refractivity contribution is 5.03. The van der Waals surface area contributed by atoms with E-state index in [0.717, 1.165) is 11.8 Å². The average molecular weight is 252 g/mol. The summed E-state index contributed by atoms with van der Waals surface area (Å²) in [7, 11) is 4.48. The van der Waals surface area contributed by atoms with Crippen molar-refractivity contribution in [3.05, 3.63) is 0 Å². The lowest BCUT2D eigenvalue weighted by atomic mass is 9.71. The summed E-state index contributed by atoms with van der Waals surface area (Å²) in [4.78, 5) is 2.44. The Labute approximate surface area is 113 Å². The SMILES string of the molecule is CCC1CCC(C(N)C2(N(C)C)CCCC2)CC1. The van der Waals surface area contributed by atoms with Gasteiger partial charge in [0.15, 0.2) is 0 Å². The Balaban J connectivity index is 1.99. The van der Waals surface area contributed by atoms with Crippen LogP contribution in [-0.2, 0) is 0 Å². The van der Waals surface area contributed by atoms with Crippen molar-refractivity contribution in [3.8, 4) is 0 Å². The van der Waals surface area contributed by atoms with Gasteiger partial charge in [-0.1, -0.05) is 39.0 Å². The first-order valence-electron chi connectivity index (χ1n) is 8.03. The maximum atomic E-state index is 6.73. The lowest BCUT2D eigenvalue weighted by molar-refractivity contribution is 0.0750. The largest absolute Gasteiger partial charge is 0.326 e. The van der Waals surface area contributed by atoms with E-state index in [1.807, 2.05) is 0 Å². The zero-order valence-corrected chi connectivity index (χ0v) is 12.6. The fourth-order valence-corrected chi connectivity index (χ4v) is 4.46. The summed E-state index contributed by atoms with van der Waals surface area (Å²) >= 11 is 0. The first-order chi connectivity index (χ1) is 8.60. The van der Waals surface area contributed by atoms with Crippen molar-refractivity contribution in [1.29, 1.82) is 0 Å². The molecule has 0 bridgehead atoms. The molecule has 1 unspecified atom stereocenters. The Hall–Kier alpha value is -0.0800. The molecule has 2 saturated carbocycles. The predicted molar refractivity (Wildman–Crippen MR) is 78.6 cm³/mol. The summed E-state index contributed by atoms with van der Waals surface area (Å²) < 4.78 is 0. The molecule has 1 atom stereocenters. The van der Waals surface area contributed by atoms with E-state index in [-0.39, 0.29) is 0 Å². The summed E-state index contributed by atoms with van der Waals surface area (Å²) in [6.07, 6.45) is 12.3. The van der Waals surface area contributed by atoms with Crippen LogP contribution in [0.15, 0.2) is 0 Å². The molecule has 2 rings (SSSR count). The van der Waals surface area contributed by atoms with E-state index in [0.29, 0.717) is 11.6 Å². The Morgan fingerprint density at radius 2 is 1.67 bits per heavy atom. The molecule has 2 heteroatoms. The maximum absolute atomic E-state index is 6.73. The fourth-order valence-electron chi connectivity index (χ4n) is 4.46. The third-order valence-electron chi connectivity index (χ3n) is 5.96. The van der Waals surface area contributed by atoms with Crippen LogP contribution in [0.1, 0.15) is 64.7 Å². The van der Waals surface area contributed by atoms with Gasteiger partial charge in [-0.25, -0.2) is 0 Å². The predicted octanol–water partition coefficient (Wildman–Crippen LogP) is 3.40. The van der Waals surface area contributed by atoms with E-state index in [1.165, 1.54) is 57.8 Å². The fraction of sp³-hybridized carbons (Fsp3) is 1.00. The smallest absolute Gasteiger partial charge is 0.0357 e. The standard InChI is InChI=1S/C16H32N2/c1-4-13-7-9-14(10-8-13)15(17)16(18(2)3)11-5-6-12-16/h13-15H,4-12,17H2,1-3H3. The van der Waals surface area contributed by atoms with E-state index in [9.17, 15) is 0 Å². The van der Waals surface area contributed by atoms with Gasteiger partial charge < -0.3 is 10.6 Å². The van der Waals surface area contributed by atoms with Gasteiger partial charge in [-0.15, -0.1) is 0 Å². The van der Waals surface area contributed by atoms with Crippen molar-refractivity contribution in [2.45, 2.75) is 76.3 Å². The van der Waals surface area contributed by atoms with Gasteiger partial charge in [0.1, 0.15) is 0 Å². The summed E-state index contributed by atoms with van der Waals surface area (Å²) in [6, 6.07) is 0.396. The molecule has 0 saturated heterocycles. The molecule has 2 fully saturated rings. The summed E-state index contributed by atoms with van der Waals surface area (Å²) in [6.45, 7) is 2.34. The van der Waals surface area contributed by atoms with Crippen LogP contribution >= 0.6 is 0 Å². The molecule has 18 heavy (non-hydrogen) atoms. The molecule has 2 N–H and O–H groups in total. The highest BCUT2D eigenvalue weighted by Gasteiger charge is 2.44. The van der Waals surface area contributed by atoms with Crippen LogP contribution < -0.4 is 5.73 Å². The summed E-state index contributed by atoms with van der Waals surface area (Å²) in [5.41, 5.74) is 7.04. The van der Waals surface area contributed by atoms with Crippen molar-refractivity contribution in [1.82, 2.24) is 4.90 Å². The van der Waals surface area contributed by atoms with Gasteiger partial charge in [-0.3, -0.25) is 0 Å². The quantitative estimate of drug-likeness (QED) is 0.831. The van der Waals surface area contributed by atoms with Gasteiger partial charge in [0, 0.05) is 11.6 Å². The molecular weight excluding hydrogens is 220 g/mol. The Kier molecular flexibility index (Phi) is 4.71. The van der Waals surface area contributed by atoms with Gasteiger partial charge in [-0.2, -0.15) is 0 Å². The van der Waals surface area contributed by atoms with Gasteiger partial charge in [0.05, 0.1) is 0 Å². The summed E-state index contributed by atoms with van der Waals surface area (Å²) in [5, 5.41) is 0. The van der Waals surface area contributed by atoms with E-state index < -0.39 is 0 Å². The highest BCUT2D eigenvalue weighted by Crippen LogP contribution is 2.42. The minimum atomic E-state index is 0.309. The summed E-state index contributed by atoms with van der Waals surface area (Å²) in [5.74, 6) is 1.75. The molecular formula is C16H32N2. The average Bonchev–Trinajstić information content (AvgIpc) is 2.88. The lowest BCUT2D eigenvalue weighted by Crippen LogP contribution is -2.59. The van der Waals surface area contributed by atoms with E-state index in [4.69, 9.17) is 5.73 Å². The molecule has 106 valence electrons. The first-order valence-corrected chi connectivity index (χ1v) is 8.03. The molecule has 0 heterocycles. The van der Waals surface area contributed by atoms with Crippen LogP contribution in [0.4, 0.5) is 0 Å². The van der Waals surface area contributed by atoms with E-state index >= 15 is 0 Å². The van der Waals surface area contributed by atoms with Crippen LogP contribution in [0.25, 0.3) is 0 Å². The van der Waals surface area contributed by atoms with Crippen LogP contribution in [0.2, 0.25) is 0 Å². The topological polar surface area (TPSA) is 29.3 Å². The van der Waals surface area contributed by atoms with Crippen LogP contribution in [-0.4, -0.2) is 30.6 Å². The van der Waals surface area contributed by atoms with Gasteiger partial charge in [0.2, 0.25) is 0 Å². The molecule has 2 aliphatic carbocycles. The zero-order chi connectivity index (χ0) is 13.2. The Morgan fingerprint density at radius 1 is 1.11 bits per heavy atom. The molecule has 0 aromatic rings. The van der Waals surface area contributed by atoms with Crippen molar-refractivity contribution in [2.24, 2.45) is 17.6 Å². The molecule has 2 nitrogen and oxygen atoms in total. The minimum Gasteiger partial charge on any atom is -0.326 e. The normalized spacial score (nSPS) is 33.8. The number of nitrogens with zero attached hydrogens (tertiary/aromatic N) is 1. The Morgan fingerprint density at radius 3 is 2.11 bits per heavy atom. The minimum absolute atomic E-state index is 0.309. The zero-order valence-electron chi connectivity index (χ0n) is 12.6. The second kappa shape index (κ2) is 5.92. The Bertz CT molecular complexity index is 248. The van der Waals surface area contributed by atoms with Gasteiger partial charge in [0.25, 0.3) is 0 Å². The highest BCUT2D eigenvalue weighted by atomic mass is 15.2.